The van der Waals surface area contributed by atoms with E-state index in [0.29, 0.717) is 17.1 Å². The lowest BCUT2D eigenvalue weighted by atomic mass is 10.3. The minimum absolute atomic E-state index is 0.00516. The predicted molar refractivity (Wildman–Crippen MR) is 78.9 cm³/mol. The van der Waals surface area contributed by atoms with Crippen LogP contribution in [0.15, 0.2) is 59.5 Å². The molecule has 0 radical (unpaired) electrons. The maximum atomic E-state index is 11.9. The lowest BCUT2D eigenvalue weighted by Crippen LogP contribution is -2.16. The third kappa shape index (κ3) is 2.78. The Labute approximate surface area is 124 Å². The van der Waals surface area contributed by atoms with Gasteiger partial charge < -0.3 is 4.74 Å². The van der Waals surface area contributed by atoms with Crippen molar-refractivity contribution in [2.75, 3.05) is 0 Å². The first-order chi connectivity index (χ1) is 10.6. The molecular weight excluding hydrogens is 286 g/mol. The smallest absolute Gasteiger partial charge is 0.269 e. The average Bonchev–Trinajstić information content (AvgIpc) is 2.53. The number of rotatable bonds is 4. The first kappa shape index (κ1) is 13.7. The summed E-state index contributed by atoms with van der Waals surface area (Å²) in [7, 11) is 0. The summed E-state index contributed by atoms with van der Waals surface area (Å²) >= 11 is 0. The van der Waals surface area contributed by atoms with Crippen molar-refractivity contribution in [2.45, 2.75) is 6.61 Å². The molecule has 0 aliphatic carbocycles. The Morgan fingerprint density at radius 3 is 2.68 bits per heavy atom. The summed E-state index contributed by atoms with van der Waals surface area (Å²) in [6.45, 7) is 0.110. The number of nitro groups is 1. The van der Waals surface area contributed by atoms with Crippen LogP contribution in [0.4, 0.5) is 5.69 Å². The van der Waals surface area contributed by atoms with E-state index in [0.717, 1.165) is 0 Å². The van der Waals surface area contributed by atoms with Gasteiger partial charge >= 0.3 is 0 Å². The van der Waals surface area contributed by atoms with E-state index in [1.165, 1.54) is 34.7 Å². The molecule has 0 N–H and O–H groups in total. The molecule has 0 spiro atoms. The molecular formula is C15H11N3O4. The second-order valence-electron chi connectivity index (χ2n) is 4.55. The van der Waals surface area contributed by atoms with Crippen molar-refractivity contribution in [3.8, 4) is 5.75 Å². The van der Waals surface area contributed by atoms with Crippen molar-refractivity contribution in [2.24, 2.45) is 0 Å². The monoisotopic (exact) mass is 297 g/mol. The molecule has 2 aromatic heterocycles. The van der Waals surface area contributed by atoms with Crippen LogP contribution < -0.4 is 10.3 Å². The zero-order chi connectivity index (χ0) is 15.5. The molecule has 22 heavy (non-hydrogen) atoms. The molecule has 0 amide bonds. The fourth-order valence-electron chi connectivity index (χ4n) is 2.00. The van der Waals surface area contributed by atoms with Crippen LogP contribution >= 0.6 is 0 Å². The van der Waals surface area contributed by atoms with E-state index >= 15 is 0 Å². The Bertz CT molecular complexity index is 887. The molecule has 0 unspecified atom stereocenters. The molecule has 0 atom stereocenters. The highest BCUT2D eigenvalue weighted by molar-refractivity contribution is 5.38. The first-order valence-electron chi connectivity index (χ1n) is 6.48. The third-order valence-electron chi connectivity index (χ3n) is 3.06. The first-order valence-corrected chi connectivity index (χ1v) is 6.48. The summed E-state index contributed by atoms with van der Waals surface area (Å²) in [5, 5.41) is 10.6. The Morgan fingerprint density at radius 1 is 1.18 bits per heavy atom. The number of hydrogen-bond donors (Lipinski definition) is 0. The molecule has 0 fully saturated rings. The zero-order valence-corrected chi connectivity index (χ0v) is 11.4. The van der Waals surface area contributed by atoms with Gasteiger partial charge in [-0.15, -0.1) is 0 Å². The van der Waals surface area contributed by atoms with Crippen molar-refractivity contribution in [1.29, 1.82) is 0 Å². The summed E-state index contributed by atoms with van der Waals surface area (Å²) in [4.78, 5) is 26.3. The van der Waals surface area contributed by atoms with Crippen LogP contribution in [-0.4, -0.2) is 14.3 Å². The predicted octanol–water partition coefficient (Wildman–Crippen LogP) is 2.18. The maximum absolute atomic E-state index is 11.9. The van der Waals surface area contributed by atoms with Crippen molar-refractivity contribution in [3.63, 3.8) is 0 Å². The van der Waals surface area contributed by atoms with Crippen LogP contribution in [0.2, 0.25) is 0 Å². The van der Waals surface area contributed by atoms with Crippen LogP contribution in [-0.2, 0) is 6.61 Å². The van der Waals surface area contributed by atoms with E-state index in [9.17, 15) is 14.9 Å². The minimum Gasteiger partial charge on any atom is -0.487 e. The van der Waals surface area contributed by atoms with E-state index < -0.39 is 4.92 Å². The normalized spacial score (nSPS) is 10.5. The highest BCUT2D eigenvalue weighted by atomic mass is 16.6. The molecule has 3 rings (SSSR count). The van der Waals surface area contributed by atoms with E-state index in [2.05, 4.69) is 4.98 Å². The van der Waals surface area contributed by atoms with Gasteiger partial charge in [-0.2, -0.15) is 0 Å². The largest absolute Gasteiger partial charge is 0.487 e. The summed E-state index contributed by atoms with van der Waals surface area (Å²) in [5.41, 5.74) is 0.842. The molecule has 7 nitrogen and oxygen atoms in total. The quantitative estimate of drug-likeness (QED) is 0.544. The number of fused-ring (bicyclic) bond motifs is 1. The highest BCUT2D eigenvalue weighted by Gasteiger charge is 2.06. The van der Waals surface area contributed by atoms with E-state index in [-0.39, 0.29) is 17.9 Å². The Kier molecular flexibility index (Phi) is 3.53. The van der Waals surface area contributed by atoms with Crippen molar-refractivity contribution in [3.05, 3.63) is 80.9 Å². The van der Waals surface area contributed by atoms with Gasteiger partial charge in [0.2, 0.25) is 0 Å². The topological polar surface area (TPSA) is 86.7 Å². The number of pyridine rings is 1. The van der Waals surface area contributed by atoms with E-state index in [1.54, 1.807) is 24.4 Å². The standard InChI is InChI=1S/C15H11N3O4/c19-15-9-11(16-14-3-1-2-8-17(14)15)10-22-13-6-4-12(5-7-13)18(20)21/h1-9H,10H2. The van der Waals surface area contributed by atoms with Gasteiger partial charge in [0.05, 0.1) is 10.6 Å². The molecule has 0 bridgehead atoms. The molecule has 110 valence electrons. The van der Waals surface area contributed by atoms with Crippen LogP contribution in [0.25, 0.3) is 5.65 Å². The van der Waals surface area contributed by atoms with Crippen molar-refractivity contribution in [1.82, 2.24) is 9.38 Å². The van der Waals surface area contributed by atoms with Crippen molar-refractivity contribution < 1.29 is 9.66 Å². The van der Waals surface area contributed by atoms with Gasteiger partial charge in [0, 0.05) is 24.4 Å². The van der Waals surface area contributed by atoms with Gasteiger partial charge in [-0.05, 0) is 24.3 Å². The molecule has 0 saturated heterocycles. The highest BCUT2D eigenvalue weighted by Crippen LogP contribution is 2.18. The number of nitrogens with zero attached hydrogens (tertiary/aromatic N) is 3. The minimum atomic E-state index is -0.477. The number of non-ortho nitro benzene ring substituents is 1. The number of aromatic nitrogens is 2. The van der Waals surface area contributed by atoms with Gasteiger partial charge in [0.15, 0.2) is 0 Å². The maximum Gasteiger partial charge on any atom is 0.269 e. The molecule has 2 heterocycles. The van der Waals surface area contributed by atoms with Gasteiger partial charge in [0.1, 0.15) is 18.0 Å². The Balaban J connectivity index is 1.79. The van der Waals surface area contributed by atoms with Crippen LogP contribution in [0.3, 0.4) is 0 Å². The number of nitro benzene ring substituents is 1. The molecule has 7 heteroatoms. The lowest BCUT2D eigenvalue weighted by Gasteiger charge is -2.06. The van der Waals surface area contributed by atoms with Crippen molar-refractivity contribution >= 4 is 11.3 Å². The SMILES string of the molecule is O=c1cc(COc2ccc([N+](=O)[O-])cc2)nc2ccccn12. The molecule has 0 aliphatic heterocycles. The van der Waals surface area contributed by atoms with E-state index in [1.807, 2.05) is 0 Å². The molecule has 0 aliphatic rings. The van der Waals surface area contributed by atoms with Crippen LogP contribution in [0.1, 0.15) is 5.69 Å². The van der Waals surface area contributed by atoms with Crippen LogP contribution in [0, 0.1) is 10.1 Å². The second kappa shape index (κ2) is 5.65. The average molecular weight is 297 g/mol. The Hall–Kier alpha value is -3.22. The molecule has 1 aromatic carbocycles. The third-order valence-corrected chi connectivity index (χ3v) is 3.06. The fraction of sp³-hybridized carbons (Fsp3) is 0.0667. The molecule has 0 saturated carbocycles. The zero-order valence-electron chi connectivity index (χ0n) is 11.4. The number of hydrogen-bond acceptors (Lipinski definition) is 5. The summed E-state index contributed by atoms with van der Waals surface area (Å²) in [6.07, 6.45) is 1.64. The summed E-state index contributed by atoms with van der Waals surface area (Å²) in [5.74, 6) is 0.473. The van der Waals surface area contributed by atoms with Gasteiger partial charge in [-0.3, -0.25) is 19.3 Å². The second-order valence-corrected chi connectivity index (χ2v) is 4.55. The van der Waals surface area contributed by atoms with E-state index in [4.69, 9.17) is 4.74 Å². The Morgan fingerprint density at radius 2 is 1.95 bits per heavy atom. The van der Waals surface area contributed by atoms with Gasteiger partial charge in [-0.1, -0.05) is 6.07 Å². The van der Waals surface area contributed by atoms with Crippen LogP contribution in [0.5, 0.6) is 5.75 Å². The molecule has 3 aromatic rings. The number of ether oxygens (including phenoxy) is 1. The van der Waals surface area contributed by atoms with Gasteiger partial charge in [0.25, 0.3) is 11.2 Å². The summed E-state index contributed by atoms with van der Waals surface area (Å²) < 4.78 is 6.94. The van der Waals surface area contributed by atoms with Gasteiger partial charge in [-0.25, -0.2) is 4.98 Å². The fourth-order valence-corrected chi connectivity index (χ4v) is 2.00. The lowest BCUT2D eigenvalue weighted by molar-refractivity contribution is -0.384. The summed E-state index contributed by atoms with van der Waals surface area (Å²) in [6, 6.07) is 12.4. The number of benzene rings is 1.